The van der Waals surface area contributed by atoms with Gasteiger partial charge < -0.3 is 9.84 Å². The number of aliphatic hydroxyl groups excluding tert-OH is 1. The van der Waals surface area contributed by atoms with Gasteiger partial charge >= 0.3 is 0 Å². The van der Waals surface area contributed by atoms with Crippen LogP contribution in [0.1, 0.15) is 30.7 Å². The lowest BCUT2D eigenvalue weighted by Crippen LogP contribution is -1.98. The monoisotopic (exact) mass is 261 g/mol. The van der Waals surface area contributed by atoms with E-state index in [9.17, 15) is 9.50 Å². The summed E-state index contributed by atoms with van der Waals surface area (Å²) in [5.74, 6) is 0.632. The molecule has 3 nitrogen and oxygen atoms in total. The SMILES string of the molecule is CC[C@@H](O)c1ccc(Oc2ccc(C)c(F)c2)cn1. The Morgan fingerprint density at radius 2 is 2.00 bits per heavy atom. The highest BCUT2D eigenvalue weighted by atomic mass is 19.1. The van der Waals surface area contributed by atoms with E-state index in [1.54, 1.807) is 31.2 Å². The summed E-state index contributed by atoms with van der Waals surface area (Å²) < 4.78 is 18.9. The van der Waals surface area contributed by atoms with Crippen LogP contribution in [-0.2, 0) is 0 Å². The maximum absolute atomic E-state index is 13.4. The lowest BCUT2D eigenvalue weighted by atomic mass is 10.2. The zero-order chi connectivity index (χ0) is 13.8. The first-order valence-corrected chi connectivity index (χ1v) is 6.18. The van der Waals surface area contributed by atoms with Crippen LogP contribution in [-0.4, -0.2) is 10.1 Å². The van der Waals surface area contributed by atoms with Crippen molar-refractivity contribution in [2.75, 3.05) is 0 Å². The molecule has 19 heavy (non-hydrogen) atoms. The molecule has 4 heteroatoms. The molecule has 0 spiro atoms. The van der Waals surface area contributed by atoms with Gasteiger partial charge in [-0.15, -0.1) is 0 Å². The Balaban J connectivity index is 2.12. The largest absolute Gasteiger partial charge is 0.456 e. The van der Waals surface area contributed by atoms with E-state index in [-0.39, 0.29) is 5.82 Å². The third kappa shape index (κ3) is 3.29. The second kappa shape index (κ2) is 5.80. The second-order valence-corrected chi connectivity index (χ2v) is 4.36. The fraction of sp³-hybridized carbons (Fsp3) is 0.267. The van der Waals surface area contributed by atoms with Gasteiger partial charge in [0.15, 0.2) is 0 Å². The third-order valence-electron chi connectivity index (χ3n) is 2.87. The number of hydrogen-bond acceptors (Lipinski definition) is 3. The van der Waals surface area contributed by atoms with Crippen molar-refractivity contribution in [3.63, 3.8) is 0 Å². The maximum atomic E-state index is 13.4. The Morgan fingerprint density at radius 1 is 1.26 bits per heavy atom. The summed E-state index contributed by atoms with van der Waals surface area (Å²) in [7, 11) is 0. The van der Waals surface area contributed by atoms with E-state index in [0.717, 1.165) is 0 Å². The van der Waals surface area contributed by atoms with Gasteiger partial charge in [-0.1, -0.05) is 13.0 Å². The van der Waals surface area contributed by atoms with Crippen LogP contribution in [0.4, 0.5) is 4.39 Å². The van der Waals surface area contributed by atoms with Gasteiger partial charge in [0.2, 0.25) is 0 Å². The number of pyridine rings is 1. The van der Waals surface area contributed by atoms with Gasteiger partial charge in [-0.3, -0.25) is 4.98 Å². The molecule has 0 aliphatic carbocycles. The van der Waals surface area contributed by atoms with E-state index in [1.807, 2.05) is 6.92 Å². The summed E-state index contributed by atoms with van der Waals surface area (Å²) in [4.78, 5) is 4.12. The second-order valence-electron chi connectivity index (χ2n) is 4.36. The van der Waals surface area contributed by atoms with Crippen molar-refractivity contribution in [2.24, 2.45) is 0 Å². The smallest absolute Gasteiger partial charge is 0.145 e. The summed E-state index contributed by atoms with van der Waals surface area (Å²) in [6.45, 7) is 3.58. The van der Waals surface area contributed by atoms with Crippen LogP contribution >= 0.6 is 0 Å². The average molecular weight is 261 g/mol. The Morgan fingerprint density at radius 3 is 2.58 bits per heavy atom. The molecule has 2 rings (SSSR count). The normalized spacial score (nSPS) is 12.2. The van der Waals surface area contributed by atoms with Crippen molar-refractivity contribution >= 4 is 0 Å². The Kier molecular flexibility index (Phi) is 4.12. The predicted molar refractivity (Wildman–Crippen MR) is 70.7 cm³/mol. The van der Waals surface area contributed by atoms with Crippen molar-refractivity contribution in [3.8, 4) is 11.5 Å². The van der Waals surface area contributed by atoms with Crippen LogP contribution in [0.2, 0.25) is 0 Å². The van der Waals surface area contributed by atoms with Crippen LogP contribution in [0, 0.1) is 12.7 Å². The van der Waals surface area contributed by atoms with Gasteiger partial charge in [0, 0.05) is 6.07 Å². The average Bonchev–Trinajstić information content (AvgIpc) is 2.43. The molecule has 1 N–H and O–H groups in total. The molecule has 100 valence electrons. The molecule has 0 aliphatic rings. The summed E-state index contributed by atoms with van der Waals surface area (Å²) in [6, 6.07) is 8.11. The van der Waals surface area contributed by atoms with Gasteiger partial charge in [-0.05, 0) is 37.1 Å². The molecule has 0 saturated heterocycles. The molecule has 1 aromatic carbocycles. The van der Waals surface area contributed by atoms with Crippen molar-refractivity contribution in [1.29, 1.82) is 0 Å². The van der Waals surface area contributed by atoms with Crippen molar-refractivity contribution in [1.82, 2.24) is 4.98 Å². The lowest BCUT2D eigenvalue weighted by molar-refractivity contribution is 0.169. The number of aliphatic hydroxyl groups is 1. The number of rotatable bonds is 4. The van der Waals surface area contributed by atoms with Crippen LogP contribution in [0.5, 0.6) is 11.5 Å². The zero-order valence-corrected chi connectivity index (χ0v) is 10.9. The van der Waals surface area contributed by atoms with E-state index in [0.29, 0.717) is 29.2 Å². The summed E-state index contributed by atoms with van der Waals surface area (Å²) >= 11 is 0. The molecule has 0 fully saturated rings. The number of aromatic nitrogens is 1. The van der Waals surface area contributed by atoms with Crippen molar-refractivity contribution < 1.29 is 14.2 Å². The molecule has 0 radical (unpaired) electrons. The first-order valence-electron chi connectivity index (χ1n) is 6.18. The van der Waals surface area contributed by atoms with Gasteiger partial charge in [0.1, 0.15) is 17.3 Å². The molecular formula is C15H16FNO2. The molecule has 0 saturated carbocycles. The number of aryl methyl sites for hydroxylation is 1. The zero-order valence-electron chi connectivity index (χ0n) is 10.9. The van der Waals surface area contributed by atoms with Crippen LogP contribution in [0.25, 0.3) is 0 Å². The molecule has 0 amide bonds. The number of benzene rings is 1. The van der Waals surface area contributed by atoms with E-state index >= 15 is 0 Å². The van der Waals surface area contributed by atoms with Crippen molar-refractivity contribution in [2.45, 2.75) is 26.4 Å². The predicted octanol–water partition coefficient (Wildman–Crippen LogP) is 3.76. The van der Waals surface area contributed by atoms with Gasteiger partial charge in [0.05, 0.1) is 18.0 Å². The lowest BCUT2D eigenvalue weighted by Gasteiger charge is -2.09. The molecule has 0 aliphatic heterocycles. The first kappa shape index (κ1) is 13.5. The van der Waals surface area contributed by atoms with Gasteiger partial charge in [-0.25, -0.2) is 4.39 Å². The number of ether oxygens (including phenoxy) is 1. The van der Waals surface area contributed by atoms with E-state index in [2.05, 4.69) is 4.98 Å². The molecule has 1 aromatic heterocycles. The minimum Gasteiger partial charge on any atom is -0.456 e. The van der Waals surface area contributed by atoms with Crippen LogP contribution in [0.15, 0.2) is 36.5 Å². The molecule has 2 aromatic rings. The highest BCUT2D eigenvalue weighted by molar-refractivity contribution is 5.33. The minimum atomic E-state index is -0.564. The van der Waals surface area contributed by atoms with Gasteiger partial charge in [-0.2, -0.15) is 0 Å². The van der Waals surface area contributed by atoms with E-state index in [4.69, 9.17) is 4.74 Å². The first-order chi connectivity index (χ1) is 9.10. The summed E-state index contributed by atoms with van der Waals surface area (Å²) in [5, 5.41) is 9.62. The van der Waals surface area contributed by atoms with Gasteiger partial charge in [0.25, 0.3) is 0 Å². The fourth-order valence-electron chi connectivity index (χ4n) is 1.63. The molecular weight excluding hydrogens is 245 g/mol. The molecule has 1 heterocycles. The standard InChI is InChI=1S/C15H16FNO2/c1-3-15(18)14-7-6-12(9-17-14)19-11-5-4-10(2)13(16)8-11/h4-9,15,18H,3H2,1-2H3/t15-/m1/s1. The highest BCUT2D eigenvalue weighted by Gasteiger charge is 2.07. The number of nitrogens with zero attached hydrogens (tertiary/aromatic N) is 1. The molecule has 0 bridgehead atoms. The van der Waals surface area contributed by atoms with E-state index in [1.165, 1.54) is 12.3 Å². The van der Waals surface area contributed by atoms with Crippen molar-refractivity contribution in [3.05, 3.63) is 53.6 Å². The van der Waals surface area contributed by atoms with Crippen LogP contribution < -0.4 is 4.74 Å². The third-order valence-corrected chi connectivity index (χ3v) is 2.87. The summed E-state index contributed by atoms with van der Waals surface area (Å²) in [6.07, 6.45) is 1.56. The minimum absolute atomic E-state index is 0.302. The quantitative estimate of drug-likeness (QED) is 0.911. The fourth-order valence-corrected chi connectivity index (χ4v) is 1.63. The maximum Gasteiger partial charge on any atom is 0.145 e. The molecule has 1 atom stereocenters. The Labute approximate surface area is 111 Å². The molecule has 0 unspecified atom stereocenters. The Hall–Kier alpha value is -1.94. The topological polar surface area (TPSA) is 42.4 Å². The Bertz CT molecular complexity index is 555. The number of hydrogen-bond donors (Lipinski definition) is 1. The van der Waals surface area contributed by atoms with Crippen LogP contribution in [0.3, 0.4) is 0 Å². The summed E-state index contributed by atoms with van der Waals surface area (Å²) in [5.41, 5.74) is 1.18. The van der Waals surface area contributed by atoms with E-state index < -0.39 is 6.10 Å². The highest BCUT2D eigenvalue weighted by Crippen LogP contribution is 2.24. The number of halogens is 1.